The largest absolute Gasteiger partial charge is 0.372 e. The van der Waals surface area contributed by atoms with Gasteiger partial charge in [0.1, 0.15) is 18.2 Å². The van der Waals surface area contributed by atoms with Crippen LogP contribution < -0.4 is 0 Å². The third-order valence-corrected chi connectivity index (χ3v) is 3.49. The molecule has 0 aliphatic carbocycles. The molecule has 0 N–H and O–H groups in total. The standard InChI is InChI=1S/C15H17FN2O/c1-10(2)11-4-3-5-12(15(11)16)13-8-18-6-7-19-9-14(18)17-13/h3-5,8,10H,6-7,9H2,1-2H3. The monoisotopic (exact) mass is 260 g/mol. The average Bonchev–Trinajstić information content (AvgIpc) is 2.82. The zero-order chi connectivity index (χ0) is 13.4. The summed E-state index contributed by atoms with van der Waals surface area (Å²) in [6.45, 7) is 5.97. The second-order valence-electron chi connectivity index (χ2n) is 5.15. The number of aromatic nitrogens is 2. The van der Waals surface area contributed by atoms with Crippen LogP contribution in [-0.2, 0) is 17.9 Å². The van der Waals surface area contributed by atoms with Crippen LogP contribution in [0.5, 0.6) is 0 Å². The van der Waals surface area contributed by atoms with Crippen molar-refractivity contribution in [2.75, 3.05) is 6.61 Å². The van der Waals surface area contributed by atoms with E-state index in [0.29, 0.717) is 24.5 Å². The number of halogens is 1. The van der Waals surface area contributed by atoms with Crippen molar-refractivity contribution in [1.82, 2.24) is 9.55 Å². The lowest BCUT2D eigenvalue weighted by Crippen LogP contribution is -2.15. The van der Waals surface area contributed by atoms with Crippen molar-refractivity contribution < 1.29 is 9.13 Å². The van der Waals surface area contributed by atoms with Crippen molar-refractivity contribution in [2.45, 2.75) is 32.9 Å². The number of ether oxygens (including phenoxy) is 1. The van der Waals surface area contributed by atoms with Gasteiger partial charge in [0.2, 0.25) is 0 Å². The SMILES string of the molecule is CC(C)c1cccc(-c2cn3c(n2)COCC3)c1F. The molecule has 0 saturated carbocycles. The quantitative estimate of drug-likeness (QED) is 0.828. The molecule has 1 aromatic carbocycles. The molecule has 4 heteroatoms. The van der Waals surface area contributed by atoms with Gasteiger partial charge in [0.25, 0.3) is 0 Å². The molecule has 0 amide bonds. The highest BCUT2D eigenvalue weighted by molar-refractivity contribution is 5.61. The van der Waals surface area contributed by atoms with Gasteiger partial charge in [-0.15, -0.1) is 0 Å². The Hall–Kier alpha value is -1.68. The van der Waals surface area contributed by atoms with Crippen molar-refractivity contribution in [3.8, 4) is 11.3 Å². The summed E-state index contributed by atoms with van der Waals surface area (Å²) >= 11 is 0. The van der Waals surface area contributed by atoms with Crippen LogP contribution in [0.4, 0.5) is 4.39 Å². The normalized spacial score (nSPS) is 14.7. The highest BCUT2D eigenvalue weighted by Crippen LogP contribution is 2.28. The number of benzene rings is 1. The Morgan fingerprint density at radius 3 is 2.95 bits per heavy atom. The molecule has 1 aliphatic rings. The van der Waals surface area contributed by atoms with Crippen LogP contribution in [0.1, 0.15) is 31.2 Å². The molecule has 3 rings (SSSR count). The van der Waals surface area contributed by atoms with E-state index in [0.717, 1.165) is 17.9 Å². The predicted molar refractivity (Wildman–Crippen MR) is 71.4 cm³/mol. The van der Waals surface area contributed by atoms with E-state index in [9.17, 15) is 4.39 Å². The summed E-state index contributed by atoms with van der Waals surface area (Å²) in [4.78, 5) is 4.48. The van der Waals surface area contributed by atoms with Crippen molar-refractivity contribution >= 4 is 0 Å². The molecule has 0 unspecified atom stereocenters. The van der Waals surface area contributed by atoms with E-state index in [1.54, 1.807) is 6.07 Å². The van der Waals surface area contributed by atoms with Crippen molar-refractivity contribution in [2.24, 2.45) is 0 Å². The van der Waals surface area contributed by atoms with E-state index in [-0.39, 0.29) is 11.7 Å². The summed E-state index contributed by atoms with van der Waals surface area (Å²) in [5.74, 6) is 0.880. The smallest absolute Gasteiger partial charge is 0.136 e. The van der Waals surface area contributed by atoms with Crippen LogP contribution in [0.2, 0.25) is 0 Å². The lowest BCUT2D eigenvalue weighted by Gasteiger charge is -2.13. The Bertz CT molecular complexity index is 581. The van der Waals surface area contributed by atoms with Crippen molar-refractivity contribution in [1.29, 1.82) is 0 Å². The highest BCUT2D eigenvalue weighted by Gasteiger charge is 2.18. The number of hydrogen-bond acceptors (Lipinski definition) is 2. The molecule has 1 aliphatic heterocycles. The zero-order valence-electron chi connectivity index (χ0n) is 11.2. The lowest BCUT2D eigenvalue weighted by molar-refractivity contribution is 0.0816. The zero-order valence-corrected chi connectivity index (χ0v) is 11.2. The van der Waals surface area contributed by atoms with Crippen LogP contribution in [-0.4, -0.2) is 16.2 Å². The van der Waals surface area contributed by atoms with E-state index in [2.05, 4.69) is 4.98 Å². The molecule has 3 nitrogen and oxygen atoms in total. The number of imidazole rings is 1. The first-order chi connectivity index (χ1) is 9.16. The second kappa shape index (κ2) is 4.78. The second-order valence-corrected chi connectivity index (χ2v) is 5.15. The number of fused-ring (bicyclic) bond motifs is 1. The topological polar surface area (TPSA) is 27.1 Å². The minimum absolute atomic E-state index is 0.158. The third-order valence-electron chi connectivity index (χ3n) is 3.49. The van der Waals surface area contributed by atoms with Gasteiger partial charge in [-0.2, -0.15) is 0 Å². The van der Waals surface area contributed by atoms with Gasteiger partial charge in [0.15, 0.2) is 0 Å². The van der Waals surface area contributed by atoms with Crippen LogP contribution in [0.25, 0.3) is 11.3 Å². The van der Waals surface area contributed by atoms with E-state index < -0.39 is 0 Å². The van der Waals surface area contributed by atoms with E-state index >= 15 is 0 Å². The lowest BCUT2D eigenvalue weighted by atomic mass is 9.99. The predicted octanol–water partition coefficient (Wildman–Crippen LogP) is 3.34. The first-order valence-corrected chi connectivity index (χ1v) is 6.59. The summed E-state index contributed by atoms with van der Waals surface area (Å²) in [6, 6.07) is 5.52. The van der Waals surface area contributed by atoms with Gasteiger partial charge in [-0.05, 0) is 17.5 Å². The van der Waals surface area contributed by atoms with Crippen LogP contribution in [0.3, 0.4) is 0 Å². The number of hydrogen-bond donors (Lipinski definition) is 0. The Labute approximate surface area is 112 Å². The van der Waals surface area contributed by atoms with Gasteiger partial charge in [-0.1, -0.05) is 26.0 Å². The van der Waals surface area contributed by atoms with Crippen molar-refractivity contribution in [3.05, 3.63) is 41.6 Å². The van der Waals surface area contributed by atoms with Gasteiger partial charge < -0.3 is 9.30 Å². The van der Waals surface area contributed by atoms with Gasteiger partial charge in [0.05, 0.1) is 12.3 Å². The fourth-order valence-electron chi connectivity index (χ4n) is 2.41. The summed E-state index contributed by atoms with van der Waals surface area (Å²) in [5, 5.41) is 0. The third kappa shape index (κ3) is 2.16. The first kappa shape index (κ1) is 12.4. The van der Waals surface area contributed by atoms with Crippen LogP contribution in [0, 0.1) is 5.82 Å². The fourth-order valence-corrected chi connectivity index (χ4v) is 2.41. The Morgan fingerprint density at radius 1 is 1.37 bits per heavy atom. The Balaban J connectivity index is 2.07. The molecule has 0 spiro atoms. The fraction of sp³-hybridized carbons (Fsp3) is 0.400. The molecule has 0 radical (unpaired) electrons. The molecule has 0 fully saturated rings. The van der Waals surface area contributed by atoms with Crippen molar-refractivity contribution in [3.63, 3.8) is 0 Å². The van der Waals surface area contributed by atoms with Crippen LogP contribution >= 0.6 is 0 Å². The minimum atomic E-state index is -0.158. The minimum Gasteiger partial charge on any atom is -0.372 e. The van der Waals surface area contributed by atoms with Gasteiger partial charge in [0, 0.05) is 18.3 Å². The number of nitrogens with zero attached hydrogens (tertiary/aromatic N) is 2. The molecule has 2 heterocycles. The maximum atomic E-state index is 14.5. The van der Waals surface area contributed by atoms with Gasteiger partial charge in [-0.3, -0.25) is 0 Å². The maximum absolute atomic E-state index is 14.5. The molecule has 2 aromatic rings. The summed E-state index contributed by atoms with van der Waals surface area (Å²) in [5.41, 5.74) is 2.01. The van der Waals surface area contributed by atoms with Crippen LogP contribution in [0.15, 0.2) is 24.4 Å². The summed E-state index contributed by atoms with van der Waals surface area (Å²) in [7, 11) is 0. The summed E-state index contributed by atoms with van der Waals surface area (Å²) in [6.07, 6.45) is 1.92. The molecular weight excluding hydrogens is 243 g/mol. The molecule has 0 atom stereocenters. The van der Waals surface area contributed by atoms with E-state index in [1.807, 2.05) is 36.7 Å². The molecule has 100 valence electrons. The Kier molecular flexibility index (Phi) is 3.11. The molecular formula is C15H17FN2O. The van der Waals surface area contributed by atoms with E-state index in [1.165, 1.54) is 0 Å². The molecule has 0 saturated heterocycles. The maximum Gasteiger partial charge on any atom is 0.136 e. The molecule has 19 heavy (non-hydrogen) atoms. The highest BCUT2D eigenvalue weighted by atomic mass is 19.1. The molecule has 1 aromatic heterocycles. The average molecular weight is 260 g/mol. The summed E-state index contributed by atoms with van der Waals surface area (Å²) < 4.78 is 21.9. The van der Waals surface area contributed by atoms with Gasteiger partial charge >= 0.3 is 0 Å². The number of rotatable bonds is 2. The molecule has 0 bridgehead atoms. The van der Waals surface area contributed by atoms with E-state index in [4.69, 9.17) is 4.74 Å². The Morgan fingerprint density at radius 2 is 2.21 bits per heavy atom. The first-order valence-electron chi connectivity index (χ1n) is 6.59. The van der Waals surface area contributed by atoms with Gasteiger partial charge in [-0.25, -0.2) is 9.37 Å².